The molecule has 148 valence electrons. The minimum absolute atomic E-state index is 0.0576. The van der Waals surface area contributed by atoms with E-state index < -0.39 is 11.4 Å². The molecule has 2 rings (SSSR count). The number of halogens is 1. The van der Waals surface area contributed by atoms with Gasteiger partial charge in [-0.25, -0.2) is 14.1 Å². The van der Waals surface area contributed by atoms with Crippen molar-refractivity contribution in [3.05, 3.63) is 106 Å². The summed E-state index contributed by atoms with van der Waals surface area (Å²) in [5.41, 5.74) is 1.61. The average Bonchev–Trinajstić information content (AvgIpc) is 2.97. The van der Waals surface area contributed by atoms with Crippen LogP contribution in [0.5, 0.6) is 0 Å². The van der Waals surface area contributed by atoms with Crippen LogP contribution >= 0.6 is 0 Å². The largest absolute Gasteiger partial charge is 0.507 e. The minimum Gasteiger partial charge on any atom is -0.507 e. The van der Waals surface area contributed by atoms with Crippen LogP contribution in [0.3, 0.4) is 0 Å². The third kappa shape index (κ3) is 5.03. The summed E-state index contributed by atoms with van der Waals surface area (Å²) in [7, 11) is 3.98. The zero-order valence-corrected chi connectivity index (χ0v) is 17.3. The van der Waals surface area contributed by atoms with Crippen LogP contribution in [-0.4, -0.2) is 19.7 Å². The Morgan fingerprint density at radius 3 is 2.31 bits per heavy atom. The normalized spacial score (nSPS) is 18.0. The van der Waals surface area contributed by atoms with Crippen LogP contribution in [0, 0.1) is 13.1 Å². The Labute approximate surface area is 172 Å². The van der Waals surface area contributed by atoms with Crippen LogP contribution < -0.4 is 4.90 Å². The summed E-state index contributed by atoms with van der Waals surface area (Å²) in [6.07, 6.45) is 8.36. The van der Waals surface area contributed by atoms with Crippen LogP contribution in [-0.2, 0) is 4.74 Å². The van der Waals surface area contributed by atoms with Gasteiger partial charge in [0.05, 0.1) is 13.1 Å². The predicted molar refractivity (Wildman–Crippen MR) is 116 cm³/mol. The van der Waals surface area contributed by atoms with Gasteiger partial charge in [-0.05, 0) is 44.5 Å². The summed E-state index contributed by atoms with van der Waals surface area (Å²) in [5.74, 6) is -0.391. The smallest absolute Gasteiger partial charge is 0.227 e. The van der Waals surface area contributed by atoms with Crippen molar-refractivity contribution in [2.45, 2.75) is 26.4 Å². The molecule has 29 heavy (non-hydrogen) atoms. The molecule has 0 N–H and O–H groups in total. The molecule has 1 aromatic rings. The van der Waals surface area contributed by atoms with Crippen molar-refractivity contribution in [3.8, 4) is 0 Å². The Morgan fingerprint density at radius 1 is 1.10 bits per heavy atom. The van der Waals surface area contributed by atoms with Gasteiger partial charge >= 0.3 is 0 Å². The maximum Gasteiger partial charge on any atom is 0.227 e. The molecule has 4 nitrogen and oxygen atoms in total. The lowest BCUT2D eigenvalue weighted by molar-refractivity contribution is 0.0915. The highest BCUT2D eigenvalue weighted by molar-refractivity contribution is 5.57. The second kappa shape index (κ2) is 9.08. The van der Waals surface area contributed by atoms with Gasteiger partial charge in [0.25, 0.3) is 0 Å². The number of anilines is 1. The minimum atomic E-state index is -1.01. The van der Waals surface area contributed by atoms with Crippen molar-refractivity contribution in [3.63, 3.8) is 0 Å². The van der Waals surface area contributed by atoms with Crippen LogP contribution in [0.2, 0.25) is 0 Å². The van der Waals surface area contributed by atoms with Crippen LogP contribution in [0.25, 0.3) is 15.8 Å². The summed E-state index contributed by atoms with van der Waals surface area (Å²) in [5, 5.41) is 0. The molecule has 0 spiro atoms. The fourth-order valence-corrected chi connectivity index (χ4v) is 2.89. The van der Waals surface area contributed by atoms with E-state index in [0.29, 0.717) is 0 Å². The Morgan fingerprint density at radius 2 is 1.76 bits per heavy atom. The van der Waals surface area contributed by atoms with E-state index >= 15 is 0 Å². The van der Waals surface area contributed by atoms with Crippen LogP contribution in [0.15, 0.2) is 77.1 Å². The first-order valence-corrected chi connectivity index (χ1v) is 9.09. The number of hydrogen-bond donors (Lipinski definition) is 0. The average molecular weight is 389 g/mol. The van der Waals surface area contributed by atoms with Gasteiger partial charge in [0.15, 0.2) is 5.70 Å². The maximum absolute atomic E-state index is 14.9. The van der Waals surface area contributed by atoms with Gasteiger partial charge in [0.1, 0.15) is 17.2 Å². The molecule has 1 aromatic carbocycles. The third-order valence-corrected chi connectivity index (χ3v) is 4.42. The first-order chi connectivity index (χ1) is 13.7. The van der Waals surface area contributed by atoms with Gasteiger partial charge in [-0.3, -0.25) is 0 Å². The molecule has 1 heterocycles. The van der Waals surface area contributed by atoms with Crippen molar-refractivity contribution >= 4 is 11.8 Å². The van der Waals surface area contributed by atoms with Crippen molar-refractivity contribution in [1.29, 1.82) is 0 Å². The Hall–Kier alpha value is -3.57. The molecule has 0 atom stereocenters. The van der Waals surface area contributed by atoms with Gasteiger partial charge in [-0.15, -0.1) is 0 Å². The SMILES string of the molecule is [C-]#[N+]C1=C(C(/F)=C/C=C/C=C/c2ccc(N(C)C)cc2)C(C)(C)O/C1=C(\C)[N+]#[C-]. The van der Waals surface area contributed by atoms with Crippen molar-refractivity contribution in [1.82, 2.24) is 0 Å². The molecule has 0 amide bonds. The number of benzene rings is 1. The Bertz CT molecular complexity index is 1010. The highest BCUT2D eigenvalue weighted by Gasteiger charge is 2.41. The summed E-state index contributed by atoms with van der Waals surface area (Å²) >= 11 is 0. The highest BCUT2D eigenvalue weighted by Crippen LogP contribution is 2.44. The molecular formula is C24H24FN3O. The summed E-state index contributed by atoms with van der Waals surface area (Å²) in [6.45, 7) is 19.5. The zero-order chi connectivity index (χ0) is 21.6. The lowest BCUT2D eigenvalue weighted by atomic mass is 9.96. The maximum atomic E-state index is 14.9. The molecular weight excluding hydrogens is 365 g/mol. The number of ether oxygens (including phenoxy) is 1. The van der Waals surface area contributed by atoms with Gasteiger partial charge in [-0.1, -0.05) is 36.4 Å². The fourth-order valence-electron chi connectivity index (χ4n) is 2.89. The lowest BCUT2D eigenvalue weighted by Gasteiger charge is -2.22. The molecule has 0 fully saturated rings. The Balaban J connectivity index is 2.21. The van der Waals surface area contributed by atoms with Crippen molar-refractivity contribution in [2.75, 3.05) is 19.0 Å². The van der Waals surface area contributed by atoms with Gasteiger partial charge in [0.2, 0.25) is 5.70 Å². The van der Waals surface area contributed by atoms with Crippen molar-refractivity contribution < 1.29 is 9.13 Å². The second-order valence-electron chi connectivity index (χ2n) is 7.22. The first-order valence-electron chi connectivity index (χ1n) is 9.09. The van der Waals surface area contributed by atoms with Gasteiger partial charge < -0.3 is 9.64 Å². The molecule has 0 aromatic heterocycles. The number of allylic oxidation sites excluding steroid dienone is 5. The van der Waals surface area contributed by atoms with E-state index in [4.69, 9.17) is 17.9 Å². The molecule has 1 aliphatic heterocycles. The summed E-state index contributed by atoms with van der Waals surface area (Å²) < 4.78 is 20.6. The number of rotatable bonds is 5. The van der Waals surface area contributed by atoms with E-state index in [1.165, 1.54) is 6.08 Å². The van der Waals surface area contributed by atoms with E-state index in [-0.39, 0.29) is 22.7 Å². The van der Waals surface area contributed by atoms with Gasteiger partial charge in [-0.2, -0.15) is 0 Å². The summed E-state index contributed by atoms with van der Waals surface area (Å²) in [4.78, 5) is 8.77. The molecule has 0 radical (unpaired) electrons. The van der Waals surface area contributed by atoms with Crippen LogP contribution in [0.4, 0.5) is 10.1 Å². The molecule has 0 bridgehead atoms. The third-order valence-electron chi connectivity index (χ3n) is 4.42. The monoisotopic (exact) mass is 389 g/mol. The molecule has 0 saturated heterocycles. The molecule has 0 saturated carbocycles. The second-order valence-corrected chi connectivity index (χ2v) is 7.22. The molecule has 1 aliphatic rings. The molecule has 0 aliphatic carbocycles. The number of hydrogen-bond acceptors (Lipinski definition) is 2. The first kappa shape index (κ1) is 21.7. The number of nitrogens with zero attached hydrogens (tertiary/aromatic N) is 3. The van der Waals surface area contributed by atoms with E-state index in [1.807, 2.05) is 55.4 Å². The fraction of sp³-hybridized carbons (Fsp3) is 0.250. The standard InChI is InChI=1S/C24H24FN3O/c1-17(26-4)23-22(27-5)21(24(2,3)29-23)20(25)12-10-8-9-11-18-13-15-19(16-14-18)28(6)7/h8-16H,1-3,6-7H3/b10-8+,11-9+,20-12-,23-17+. The van der Waals surface area contributed by atoms with E-state index in [1.54, 1.807) is 32.9 Å². The molecule has 0 unspecified atom stereocenters. The topological polar surface area (TPSA) is 21.2 Å². The summed E-state index contributed by atoms with van der Waals surface area (Å²) in [6, 6.07) is 8.07. The van der Waals surface area contributed by atoms with Crippen molar-refractivity contribution in [2.24, 2.45) is 0 Å². The van der Waals surface area contributed by atoms with E-state index in [9.17, 15) is 4.39 Å². The zero-order valence-electron chi connectivity index (χ0n) is 17.3. The van der Waals surface area contributed by atoms with Gasteiger partial charge in [0, 0.05) is 25.4 Å². The quantitative estimate of drug-likeness (QED) is 0.435. The lowest BCUT2D eigenvalue weighted by Crippen LogP contribution is -2.22. The molecule has 5 heteroatoms. The highest BCUT2D eigenvalue weighted by atomic mass is 19.1. The van der Waals surface area contributed by atoms with Crippen LogP contribution in [0.1, 0.15) is 26.3 Å². The Kier molecular flexibility index (Phi) is 6.80. The van der Waals surface area contributed by atoms with E-state index in [2.05, 4.69) is 9.69 Å². The predicted octanol–water partition coefficient (Wildman–Crippen LogP) is 6.31. The van der Waals surface area contributed by atoms with E-state index in [0.717, 1.165) is 11.3 Å².